The lowest BCUT2D eigenvalue weighted by Crippen LogP contribution is -2.50. The van der Waals surface area contributed by atoms with Crippen LogP contribution in [-0.4, -0.2) is 37.8 Å². The van der Waals surface area contributed by atoms with E-state index in [0.29, 0.717) is 24.5 Å². The van der Waals surface area contributed by atoms with E-state index in [2.05, 4.69) is 17.9 Å². The van der Waals surface area contributed by atoms with Gasteiger partial charge in [0.15, 0.2) is 0 Å². The highest BCUT2D eigenvalue weighted by atomic mass is 32.1. The van der Waals surface area contributed by atoms with Crippen molar-refractivity contribution in [2.45, 2.75) is 25.4 Å². The van der Waals surface area contributed by atoms with E-state index in [9.17, 15) is 4.79 Å². The fourth-order valence-electron chi connectivity index (χ4n) is 2.10. The summed E-state index contributed by atoms with van der Waals surface area (Å²) in [6, 6.07) is 5.40. The average Bonchev–Trinajstić information content (AvgIpc) is 2.41. The van der Waals surface area contributed by atoms with E-state index in [1.54, 1.807) is 19.2 Å². The number of anilines is 1. The van der Waals surface area contributed by atoms with Crippen LogP contribution in [0.25, 0.3) is 0 Å². The smallest absolute Gasteiger partial charge is 0.255 e. The van der Waals surface area contributed by atoms with Crippen LogP contribution in [0.4, 0.5) is 5.69 Å². The van der Waals surface area contributed by atoms with Crippen LogP contribution in [0.3, 0.4) is 0 Å². The Morgan fingerprint density at radius 1 is 1.45 bits per heavy atom. The van der Waals surface area contributed by atoms with Gasteiger partial charge < -0.3 is 19.7 Å². The first-order valence-electron chi connectivity index (χ1n) is 6.58. The highest BCUT2D eigenvalue weighted by Crippen LogP contribution is 2.31. The predicted molar refractivity (Wildman–Crippen MR) is 81.7 cm³/mol. The number of fused-ring (bicyclic) bond motifs is 1. The topological polar surface area (TPSA) is 50.8 Å². The maximum atomic E-state index is 12.0. The van der Waals surface area contributed by atoms with Crippen LogP contribution < -0.4 is 15.0 Å². The number of benzene rings is 1. The first-order chi connectivity index (χ1) is 9.52. The molecule has 6 heteroatoms. The second-order valence-electron chi connectivity index (χ2n) is 4.84. The van der Waals surface area contributed by atoms with E-state index in [1.807, 2.05) is 24.8 Å². The molecule has 1 amide bonds. The first-order valence-corrected chi connectivity index (χ1v) is 7.09. The summed E-state index contributed by atoms with van der Waals surface area (Å²) < 4.78 is 10.8. The summed E-state index contributed by atoms with van der Waals surface area (Å²) in [7, 11) is 1.61. The van der Waals surface area contributed by atoms with Crippen molar-refractivity contribution in [3.05, 3.63) is 23.8 Å². The average molecular weight is 296 g/mol. The van der Waals surface area contributed by atoms with E-state index in [4.69, 9.17) is 9.47 Å². The number of thiol groups is 1. The van der Waals surface area contributed by atoms with E-state index in [0.717, 1.165) is 5.69 Å². The van der Waals surface area contributed by atoms with Gasteiger partial charge in [0, 0.05) is 12.6 Å². The third kappa shape index (κ3) is 3.19. The Labute approximate surface area is 124 Å². The molecule has 1 aliphatic rings. The minimum Gasteiger partial charge on any atom is -0.497 e. The summed E-state index contributed by atoms with van der Waals surface area (Å²) in [5, 5.41) is 2.82. The van der Waals surface area contributed by atoms with Crippen molar-refractivity contribution in [2.75, 3.05) is 25.2 Å². The second kappa shape index (κ2) is 6.37. The monoisotopic (exact) mass is 296 g/mol. The molecule has 0 saturated heterocycles. The molecular weight excluding hydrogens is 276 g/mol. The number of ether oxygens (including phenoxy) is 2. The van der Waals surface area contributed by atoms with Crippen LogP contribution in [-0.2, 0) is 4.74 Å². The van der Waals surface area contributed by atoms with Gasteiger partial charge in [-0.05, 0) is 26.0 Å². The van der Waals surface area contributed by atoms with Crippen molar-refractivity contribution in [3.8, 4) is 5.75 Å². The van der Waals surface area contributed by atoms with Crippen molar-refractivity contribution in [1.82, 2.24) is 5.32 Å². The number of hydrogen-bond donors (Lipinski definition) is 2. The Morgan fingerprint density at radius 3 is 2.85 bits per heavy atom. The van der Waals surface area contributed by atoms with Crippen LogP contribution in [0.15, 0.2) is 18.2 Å². The molecule has 0 radical (unpaired) electrons. The number of nitrogens with zero attached hydrogens (tertiary/aromatic N) is 1. The zero-order valence-electron chi connectivity index (χ0n) is 11.9. The zero-order chi connectivity index (χ0) is 14.7. The number of carbonyl (C=O) groups is 1. The number of nitrogens with one attached hydrogen (secondary N) is 1. The van der Waals surface area contributed by atoms with Gasteiger partial charge in [0.05, 0.1) is 31.1 Å². The summed E-state index contributed by atoms with van der Waals surface area (Å²) in [4.78, 5) is 14.0. The van der Waals surface area contributed by atoms with Gasteiger partial charge in [-0.25, -0.2) is 0 Å². The van der Waals surface area contributed by atoms with Gasteiger partial charge in [-0.3, -0.25) is 4.79 Å². The molecule has 0 bridgehead atoms. The summed E-state index contributed by atoms with van der Waals surface area (Å²) in [6.45, 7) is 5.20. The molecule has 1 atom stereocenters. The standard InChI is InChI=1S/C14H20N2O3S/c1-9(2)19-7-6-16-12-8-10(18-3)4-5-11(12)13(17)15-14(16)20/h4-5,8-9,14,20H,6-7H2,1-3H3,(H,15,17). The Bertz CT molecular complexity index is 493. The lowest BCUT2D eigenvalue weighted by Gasteiger charge is -2.36. The third-order valence-corrected chi connectivity index (χ3v) is 3.51. The van der Waals surface area contributed by atoms with E-state index >= 15 is 0 Å². The molecule has 0 aromatic heterocycles. The molecule has 20 heavy (non-hydrogen) atoms. The molecule has 5 nitrogen and oxygen atoms in total. The molecule has 1 N–H and O–H groups in total. The highest BCUT2D eigenvalue weighted by molar-refractivity contribution is 7.81. The molecule has 1 aromatic carbocycles. The molecule has 110 valence electrons. The lowest BCUT2D eigenvalue weighted by atomic mass is 10.1. The summed E-state index contributed by atoms with van der Waals surface area (Å²) in [6.07, 6.45) is 0.178. The molecule has 1 aromatic rings. The summed E-state index contributed by atoms with van der Waals surface area (Å²) in [5.41, 5.74) is 1.08. The number of amides is 1. The number of carbonyl (C=O) groups excluding carboxylic acids is 1. The number of hydrogen-bond acceptors (Lipinski definition) is 5. The molecule has 0 spiro atoms. The van der Waals surface area contributed by atoms with Gasteiger partial charge in [-0.15, -0.1) is 12.6 Å². The van der Waals surface area contributed by atoms with Crippen LogP contribution in [0, 0.1) is 0 Å². The van der Waals surface area contributed by atoms with Crippen LogP contribution in [0.2, 0.25) is 0 Å². The van der Waals surface area contributed by atoms with Crippen LogP contribution >= 0.6 is 12.6 Å². The van der Waals surface area contributed by atoms with Gasteiger partial charge in [-0.1, -0.05) is 0 Å². The zero-order valence-corrected chi connectivity index (χ0v) is 12.8. The lowest BCUT2D eigenvalue weighted by molar-refractivity contribution is 0.0818. The fraction of sp³-hybridized carbons (Fsp3) is 0.500. The van der Waals surface area contributed by atoms with Crippen LogP contribution in [0.5, 0.6) is 5.75 Å². The van der Waals surface area contributed by atoms with E-state index < -0.39 is 0 Å². The van der Waals surface area contributed by atoms with Gasteiger partial charge in [-0.2, -0.15) is 0 Å². The van der Waals surface area contributed by atoms with Gasteiger partial charge in [0.1, 0.15) is 11.2 Å². The first kappa shape index (κ1) is 15.0. The molecule has 1 aliphatic heterocycles. The third-order valence-electron chi connectivity index (χ3n) is 3.10. The largest absolute Gasteiger partial charge is 0.497 e. The molecule has 1 unspecified atom stereocenters. The van der Waals surface area contributed by atoms with Gasteiger partial charge in [0.2, 0.25) is 0 Å². The molecule has 0 aliphatic carbocycles. The molecule has 2 rings (SSSR count). The van der Waals surface area contributed by atoms with Crippen molar-refractivity contribution in [2.24, 2.45) is 0 Å². The maximum absolute atomic E-state index is 12.0. The van der Waals surface area contributed by atoms with Gasteiger partial charge >= 0.3 is 0 Å². The number of methoxy groups -OCH3 is 1. The Hall–Kier alpha value is -1.40. The Balaban J connectivity index is 2.23. The van der Waals surface area contributed by atoms with E-state index in [1.165, 1.54) is 0 Å². The fourth-order valence-corrected chi connectivity index (χ4v) is 2.46. The number of rotatable bonds is 5. The minimum absolute atomic E-state index is 0.122. The van der Waals surface area contributed by atoms with E-state index in [-0.39, 0.29) is 17.5 Å². The molecule has 0 fully saturated rings. The normalized spacial score (nSPS) is 17.9. The summed E-state index contributed by atoms with van der Waals surface area (Å²) >= 11 is 4.43. The van der Waals surface area contributed by atoms with Crippen molar-refractivity contribution < 1.29 is 14.3 Å². The SMILES string of the molecule is COc1ccc2c(c1)N(CCOC(C)C)C(S)NC2=O. The maximum Gasteiger partial charge on any atom is 0.255 e. The predicted octanol–water partition coefficient (Wildman–Crippen LogP) is 1.88. The molecule has 0 saturated carbocycles. The highest BCUT2D eigenvalue weighted by Gasteiger charge is 2.28. The minimum atomic E-state index is -0.363. The molecule has 1 heterocycles. The van der Waals surface area contributed by atoms with Crippen LogP contribution in [0.1, 0.15) is 24.2 Å². The molecular formula is C14H20N2O3S. The second-order valence-corrected chi connectivity index (χ2v) is 5.33. The quantitative estimate of drug-likeness (QED) is 0.815. The summed E-state index contributed by atoms with van der Waals surface area (Å²) in [5.74, 6) is 0.595. The Kier molecular flexibility index (Phi) is 4.77. The van der Waals surface area contributed by atoms with Crippen molar-refractivity contribution >= 4 is 24.2 Å². The van der Waals surface area contributed by atoms with Crippen molar-refractivity contribution in [3.63, 3.8) is 0 Å². The Morgan fingerprint density at radius 2 is 2.20 bits per heavy atom. The van der Waals surface area contributed by atoms with Gasteiger partial charge in [0.25, 0.3) is 5.91 Å². The van der Waals surface area contributed by atoms with Crippen molar-refractivity contribution in [1.29, 1.82) is 0 Å².